The molecule has 2 rings (SSSR count). The van der Waals surface area contributed by atoms with E-state index in [-0.39, 0.29) is 11.8 Å². The molecule has 0 spiro atoms. The second-order valence-corrected chi connectivity index (χ2v) is 3.89. The summed E-state index contributed by atoms with van der Waals surface area (Å²) in [5, 5.41) is 0.332. The number of aryl methyl sites for hydroxylation is 1. The first-order valence-electron chi connectivity index (χ1n) is 5.24. The van der Waals surface area contributed by atoms with Crippen LogP contribution in [0.5, 0.6) is 11.6 Å². The van der Waals surface area contributed by atoms with E-state index in [1.165, 1.54) is 11.8 Å². The highest BCUT2D eigenvalue weighted by atomic mass is 35.5. The van der Waals surface area contributed by atoms with Gasteiger partial charge in [-0.15, -0.1) is 0 Å². The Hall–Kier alpha value is -1.81. The van der Waals surface area contributed by atoms with Gasteiger partial charge in [0.2, 0.25) is 11.8 Å². The van der Waals surface area contributed by atoms with Gasteiger partial charge < -0.3 is 10.5 Å². The lowest BCUT2D eigenvalue weighted by Gasteiger charge is -2.06. The van der Waals surface area contributed by atoms with Crippen molar-refractivity contribution in [1.29, 1.82) is 0 Å². The summed E-state index contributed by atoms with van der Waals surface area (Å²) in [6, 6.07) is 7.72. The molecular weight excluding hydrogens is 238 g/mol. The Bertz CT molecular complexity index is 514. The Morgan fingerprint density at radius 1 is 1.29 bits per heavy atom. The first-order valence-corrected chi connectivity index (χ1v) is 5.61. The van der Waals surface area contributed by atoms with E-state index < -0.39 is 0 Å². The predicted octanol–water partition coefficient (Wildman–Crippen LogP) is 3.07. The van der Waals surface area contributed by atoms with E-state index >= 15 is 0 Å². The largest absolute Gasteiger partial charge is 0.437 e. The van der Waals surface area contributed by atoms with Crippen LogP contribution in [0.3, 0.4) is 0 Å². The Morgan fingerprint density at radius 3 is 2.65 bits per heavy atom. The van der Waals surface area contributed by atoms with Crippen LogP contribution in [0.4, 0.5) is 5.95 Å². The predicted molar refractivity (Wildman–Crippen MR) is 67.3 cm³/mol. The SMILES string of the molecule is CCc1ccc(Oc2nc(N)ncc2Cl)cc1. The van der Waals surface area contributed by atoms with Crippen LogP contribution in [0, 0.1) is 0 Å². The Labute approximate surface area is 104 Å². The molecule has 17 heavy (non-hydrogen) atoms. The van der Waals surface area contributed by atoms with Gasteiger partial charge >= 0.3 is 0 Å². The maximum Gasteiger partial charge on any atom is 0.243 e. The molecule has 0 radical (unpaired) electrons. The van der Waals surface area contributed by atoms with Crippen LogP contribution in [-0.4, -0.2) is 9.97 Å². The van der Waals surface area contributed by atoms with E-state index in [4.69, 9.17) is 22.1 Å². The fraction of sp³-hybridized carbons (Fsp3) is 0.167. The second kappa shape index (κ2) is 5.01. The summed E-state index contributed by atoms with van der Waals surface area (Å²) < 4.78 is 5.53. The molecule has 1 heterocycles. The number of aromatic nitrogens is 2. The standard InChI is InChI=1S/C12H12ClN3O/c1-2-8-3-5-9(6-4-8)17-11-10(13)7-15-12(14)16-11/h3-7H,2H2,1H3,(H2,14,15,16). The minimum atomic E-state index is 0.134. The van der Waals surface area contributed by atoms with Crippen LogP contribution >= 0.6 is 11.6 Å². The average Bonchev–Trinajstić information content (AvgIpc) is 2.35. The van der Waals surface area contributed by atoms with Crippen molar-refractivity contribution in [3.05, 3.63) is 41.0 Å². The van der Waals surface area contributed by atoms with Crippen LogP contribution in [0.1, 0.15) is 12.5 Å². The highest BCUT2D eigenvalue weighted by Crippen LogP contribution is 2.27. The lowest BCUT2D eigenvalue weighted by atomic mass is 10.2. The van der Waals surface area contributed by atoms with Crippen molar-refractivity contribution in [2.45, 2.75) is 13.3 Å². The second-order valence-electron chi connectivity index (χ2n) is 3.48. The summed E-state index contributed by atoms with van der Waals surface area (Å²) in [5.41, 5.74) is 6.71. The smallest absolute Gasteiger partial charge is 0.243 e. The van der Waals surface area contributed by atoms with Gasteiger partial charge in [-0.2, -0.15) is 4.98 Å². The van der Waals surface area contributed by atoms with Gasteiger partial charge in [0.15, 0.2) is 0 Å². The third-order valence-electron chi connectivity index (χ3n) is 2.28. The molecule has 0 aliphatic heterocycles. The first kappa shape index (κ1) is 11.7. The number of rotatable bonds is 3. The van der Waals surface area contributed by atoms with Gasteiger partial charge in [-0.25, -0.2) is 4.98 Å². The number of benzene rings is 1. The van der Waals surface area contributed by atoms with Gasteiger partial charge in [-0.05, 0) is 24.1 Å². The van der Waals surface area contributed by atoms with Gasteiger partial charge in [0.25, 0.3) is 0 Å². The lowest BCUT2D eigenvalue weighted by Crippen LogP contribution is -1.97. The number of halogens is 1. The third-order valence-corrected chi connectivity index (χ3v) is 2.54. The van der Waals surface area contributed by atoms with Crippen LogP contribution in [-0.2, 0) is 6.42 Å². The zero-order valence-electron chi connectivity index (χ0n) is 9.35. The van der Waals surface area contributed by atoms with Crippen LogP contribution in [0.15, 0.2) is 30.5 Å². The molecule has 0 saturated heterocycles. The van der Waals surface area contributed by atoms with Crippen molar-refractivity contribution < 1.29 is 4.74 Å². The molecule has 4 nitrogen and oxygen atoms in total. The van der Waals surface area contributed by atoms with Crippen LogP contribution < -0.4 is 10.5 Å². The highest BCUT2D eigenvalue weighted by Gasteiger charge is 2.06. The highest BCUT2D eigenvalue weighted by molar-refractivity contribution is 6.31. The molecule has 0 atom stereocenters. The molecule has 0 fully saturated rings. The monoisotopic (exact) mass is 249 g/mol. The minimum absolute atomic E-state index is 0.134. The van der Waals surface area contributed by atoms with Gasteiger partial charge in [0, 0.05) is 0 Å². The zero-order valence-corrected chi connectivity index (χ0v) is 10.1. The fourth-order valence-corrected chi connectivity index (χ4v) is 1.47. The topological polar surface area (TPSA) is 61.0 Å². The number of nitrogens with two attached hydrogens (primary N) is 1. The summed E-state index contributed by atoms with van der Waals surface area (Å²) in [6.07, 6.45) is 2.40. The number of nitrogen functional groups attached to an aromatic ring is 1. The molecule has 0 saturated carbocycles. The van der Waals surface area contributed by atoms with Crippen molar-refractivity contribution in [2.75, 3.05) is 5.73 Å². The molecule has 0 bridgehead atoms. The number of ether oxygens (including phenoxy) is 1. The molecule has 0 unspecified atom stereocenters. The maximum absolute atomic E-state index is 5.90. The summed E-state index contributed by atoms with van der Waals surface area (Å²) >= 11 is 5.90. The van der Waals surface area contributed by atoms with Crippen molar-refractivity contribution in [1.82, 2.24) is 9.97 Å². The van der Waals surface area contributed by atoms with E-state index in [2.05, 4.69) is 16.9 Å². The maximum atomic E-state index is 5.90. The van der Waals surface area contributed by atoms with E-state index in [0.29, 0.717) is 10.8 Å². The molecule has 5 heteroatoms. The molecule has 2 aromatic rings. The van der Waals surface area contributed by atoms with Gasteiger partial charge in [-0.3, -0.25) is 0 Å². The molecule has 0 aliphatic rings. The number of hydrogen-bond donors (Lipinski definition) is 1. The molecule has 1 aromatic carbocycles. The van der Waals surface area contributed by atoms with E-state index in [1.807, 2.05) is 24.3 Å². The van der Waals surface area contributed by atoms with Crippen molar-refractivity contribution in [3.8, 4) is 11.6 Å². The summed E-state index contributed by atoms with van der Waals surface area (Å²) in [6.45, 7) is 2.10. The number of hydrogen-bond acceptors (Lipinski definition) is 4. The Morgan fingerprint density at radius 2 is 2.00 bits per heavy atom. The van der Waals surface area contributed by atoms with Crippen molar-refractivity contribution in [2.24, 2.45) is 0 Å². The zero-order chi connectivity index (χ0) is 12.3. The molecule has 88 valence electrons. The van der Waals surface area contributed by atoms with Crippen molar-refractivity contribution >= 4 is 17.5 Å². The third kappa shape index (κ3) is 2.85. The molecule has 2 N–H and O–H groups in total. The van der Waals surface area contributed by atoms with E-state index in [1.54, 1.807) is 0 Å². The van der Waals surface area contributed by atoms with Crippen LogP contribution in [0.25, 0.3) is 0 Å². The van der Waals surface area contributed by atoms with Crippen LogP contribution in [0.2, 0.25) is 5.02 Å². The molecular formula is C12H12ClN3O. The van der Waals surface area contributed by atoms with E-state index in [0.717, 1.165) is 6.42 Å². The fourth-order valence-electron chi connectivity index (χ4n) is 1.34. The number of nitrogens with zero attached hydrogens (tertiary/aromatic N) is 2. The minimum Gasteiger partial charge on any atom is -0.437 e. The van der Waals surface area contributed by atoms with Gasteiger partial charge in [-0.1, -0.05) is 30.7 Å². The molecule has 1 aromatic heterocycles. The Kier molecular flexibility index (Phi) is 3.44. The normalized spacial score (nSPS) is 10.2. The molecule has 0 amide bonds. The average molecular weight is 250 g/mol. The lowest BCUT2D eigenvalue weighted by molar-refractivity contribution is 0.462. The number of anilines is 1. The first-order chi connectivity index (χ1) is 8.19. The van der Waals surface area contributed by atoms with Gasteiger partial charge in [0.1, 0.15) is 10.8 Å². The van der Waals surface area contributed by atoms with Gasteiger partial charge in [0.05, 0.1) is 6.20 Å². The quantitative estimate of drug-likeness (QED) is 0.908. The van der Waals surface area contributed by atoms with E-state index in [9.17, 15) is 0 Å². The molecule has 0 aliphatic carbocycles. The summed E-state index contributed by atoms with van der Waals surface area (Å²) in [5.74, 6) is 1.07. The Balaban J connectivity index is 2.22. The summed E-state index contributed by atoms with van der Waals surface area (Å²) in [7, 11) is 0. The summed E-state index contributed by atoms with van der Waals surface area (Å²) in [4.78, 5) is 7.69. The van der Waals surface area contributed by atoms with Crippen molar-refractivity contribution in [3.63, 3.8) is 0 Å².